The molecule has 3 N–H and O–H groups in total. The maximum atomic E-state index is 11.8. The summed E-state index contributed by atoms with van der Waals surface area (Å²) in [7, 11) is 0. The molecule has 2 rings (SSSR count). The Balaban J connectivity index is 1.78. The highest BCUT2D eigenvalue weighted by atomic mass is 32.2. The number of amides is 3. The van der Waals surface area contributed by atoms with Crippen LogP contribution < -0.4 is 16.0 Å². The largest absolute Gasteiger partial charge is 0.335 e. The Morgan fingerprint density at radius 3 is 2.14 bits per heavy atom. The van der Waals surface area contributed by atoms with Gasteiger partial charge in [0.1, 0.15) is 0 Å². The van der Waals surface area contributed by atoms with Gasteiger partial charge in [0.2, 0.25) is 5.91 Å². The number of hydrogen-bond acceptors (Lipinski definition) is 3. The second-order valence-electron chi connectivity index (χ2n) is 6.40. The van der Waals surface area contributed by atoms with E-state index in [-0.39, 0.29) is 16.7 Å². The van der Waals surface area contributed by atoms with Crippen molar-refractivity contribution >= 4 is 35.1 Å². The molecule has 0 bridgehead atoms. The molecule has 3 amide bonds. The molecular weight excluding hydrogens is 298 g/mol. The van der Waals surface area contributed by atoms with Gasteiger partial charge in [-0.1, -0.05) is 20.8 Å². The Hall–Kier alpha value is -1.69. The molecule has 0 atom stereocenters. The summed E-state index contributed by atoms with van der Waals surface area (Å²) >= 11 is 1.61. The Morgan fingerprint density at radius 1 is 1.09 bits per heavy atom. The second kappa shape index (κ2) is 7.05. The lowest BCUT2D eigenvalue weighted by Gasteiger charge is -2.17. The van der Waals surface area contributed by atoms with Gasteiger partial charge in [-0.2, -0.15) is 0 Å². The average molecular weight is 321 g/mol. The summed E-state index contributed by atoms with van der Waals surface area (Å²) in [5, 5.41) is 8.48. The second-order valence-corrected chi connectivity index (χ2v) is 8.20. The molecule has 22 heavy (non-hydrogen) atoms. The summed E-state index contributed by atoms with van der Waals surface area (Å²) in [6, 6.07) is 7.27. The van der Waals surface area contributed by atoms with Crippen LogP contribution in [0.5, 0.6) is 0 Å². The summed E-state index contributed by atoms with van der Waals surface area (Å²) in [5.74, 6) is 0.403. The first-order valence-corrected chi connectivity index (χ1v) is 8.42. The Morgan fingerprint density at radius 2 is 1.64 bits per heavy atom. The number of benzene rings is 1. The van der Waals surface area contributed by atoms with Crippen LogP contribution >= 0.6 is 11.8 Å². The third kappa shape index (κ3) is 6.39. The highest BCUT2D eigenvalue weighted by Crippen LogP contribution is 2.23. The van der Waals surface area contributed by atoms with Crippen LogP contribution in [-0.4, -0.2) is 28.5 Å². The molecule has 120 valence electrons. The number of anilines is 2. The van der Waals surface area contributed by atoms with Crippen molar-refractivity contribution in [1.29, 1.82) is 0 Å². The smallest absolute Gasteiger partial charge is 0.319 e. The average Bonchev–Trinajstić information content (AvgIpc) is 3.22. The number of carbonyl (C=O) groups excluding carboxylic acids is 2. The molecular formula is C16H23N3O2S. The van der Waals surface area contributed by atoms with Crippen molar-refractivity contribution in [2.24, 2.45) is 0 Å². The molecule has 0 aliphatic heterocycles. The molecule has 1 aliphatic rings. The van der Waals surface area contributed by atoms with Gasteiger partial charge in [-0.25, -0.2) is 4.79 Å². The van der Waals surface area contributed by atoms with E-state index < -0.39 is 0 Å². The van der Waals surface area contributed by atoms with Crippen molar-refractivity contribution in [3.05, 3.63) is 24.3 Å². The fourth-order valence-electron chi connectivity index (χ4n) is 1.70. The molecule has 6 heteroatoms. The zero-order valence-corrected chi connectivity index (χ0v) is 14.0. The number of urea groups is 1. The zero-order chi connectivity index (χ0) is 16.2. The Kier molecular flexibility index (Phi) is 5.34. The number of nitrogens with one attached hydrogen (secondary N) is 3. The van der Waals surface area contributed by atoms with E-state index >= 15 is 0 Å². The summed E-state index contributed by atoms with van der Waals surface area (Å²) in [6.07, 6.45) is 2.12. The van der Waals surface area contributed by atoms with Gasteiger partial charge in [-0.3, -0.25) is 4.79 Å². The SMILES string of the molecule is CC(C)(C)SCC(=O)Nc1ccc(NC(=O)NC2CC2)cc1. The van der Waals surface area contributed by atoms with Gasteiger partial charge in [0.15, 0.2) is 0 Å². The van der Waals surface area contributed by atoms with Gasteiger partial charge in [-0.15, -0.1) is 11.8 Å². The third-order valence-electron chi connectivity index (χ3n) is 2.98. The normalized spacial score (nSPS) is 14.3. The Labute approximate surface area is 135 Å². The molecule has 1 aliphatic carbocycles. The van der Waals surface area contributed by atoms with E-state index in [1.54, 1.807) is 36.0 Å². The van der Waals surface area contributed by atoms with Gasteiger partial charge >= 0.3 is 6.03 Å². The first-order chi connectivity index (χ1) is 10.3. The van der Waals surface area contributed by atoms with E-state index in [1.807, 2.05) is 0 Å². The number of rotatable bonds is 5. The quantitative estimate of drug-likeness (QED) is 0.778. The predicted octanol–water partition coefficient (Wildman–Crippen LogP) is 3.44. The zero-order valence-electron chi connectivity index (χ0n) is 13.2. The van der Waals surface area contributed by atoms with E-state index in [2.05, 4.69) is 36.7 Å². The van der Waals surface area contributed by atoms with E-state index in [0.717, 1.165) is 18.5 Å². The number of carbonyl (C=O) groups is 2. The molecule has 1 aromatic rings. The molecule has 0 aromatic heterocycles. The maximum absolute atomic E-state index is 11.8. The van der Waals surface area contributed by atoms with Crippen molar-refractivity contribution in [1.82, 2.24) is 5.32 Å². The fraction of sp³-hybridized carbons (Fsp3) is 0.500. The van der Waals surface area contributed by atoms with Crippen LogP contribution in [0.2, 0.25) is 0 Å². The van der Waals surface area contributed by atoms with Crippen LogP contribution in [0, 0.1) is 0 Å². The van der Waals surface area contributed by atoms with Crippen molar-refractivity contribution < 1.29 is 9.59 Å². The molecule has 0 spiro atoms. The topological polar surface area (TPSA) is 70.2 Å². The standard InChI is InChI=1S/C16H23N3O2S/c1-16(2,3)22-10-14(20)17-11-4-6-12(7-5-11)18-15(21)19-13-8-9-13/h4-7,13H,8-10H2,1-3H3,(H,17,20)(H2,18,19,21). The first-order valence-electron chi connectivity index (χ1n) is 7.43. The lowest BCUT2D eigenvalue weighted by molar-refractivity contribution is -0.113. The monoisotopic (exact) mass is 321 g/mol. The van der Waals surface area contributed by atoms with Crippen LogP contribution in [0.15, 0.2) is 24.3 Å². The molecule has 0 heterocycles. The minimum absolute atomic E-state index is 0.0212. The minimum atomic E-state index is -0.180. The third-order valence-corrected chi connectivity index (χ3v) is 4.25. The number of hydrogen-bond donors (Lipinski definition) is 3. The summed E-state index contributed by atoms with van der Waals surface area (Å²) < 4.78 is 0.0695. The van der Waals surface area contributed by atoms with Crippen LogP contribution in [0.1, 0.15) is 33.6 Å². The van der Waals surface area contributed by atoms with Gasteiger partial charge in [0, 0.05) is 22.2 Å². The minimum Gasteiger partial charge on any atom is -0.335 e. The Bertz CT molecular complexity index is 533. The van der Waals surface area contributed by atoms with Crippen LogP contribution in [0.3, 0.4) is 0 Å². The van der Waals surface area contributed by atoms with Crippen molar-refractivity contribution in [2.75, 3.05) is 16.4 Å². The summed E-state index contributed by atoms with van der Waals surface area (Å²) in [6.45, 7) is 6.24. The van der Waals surface area contributed by atoms with E-state index in [0.29, 0.717) is 17.5 Å². The van der Waals surface area contributed by atoms with Gasteiger partial charge in [0.25, 0.3) is 0 Å². The fourth-order valence-corrected chi connectivity index (χ4v) is 2.33. The van der Waals surface area contributed by atoms with E-state index in [4.69, 9.17) is 0 Å². The first kappa shape index (κ1) is 16.7. The van der Waals surface area contributed by atoms with E-state index in [1.165, 1.54) is 0 Å². The molecule has 1 saturated carbocycles. The van der Waals surface area contributed by atoms with Crippen LogP contribution in [-0.2, 0) is 4.79 Å². The lowest BCUT2D eigenvalue weighted by atomic mass is 10.3. The molecule has 1 fully saturated rings. The van der Waals surface area contributed by atoms with E-state index in [9.17, 15) is 9.59 Å². The summed E-state index contributed by atoms with van der Waals surface area (Å²) in [5.41, 5.74) is 1.44. The number of thioether (sulfide) groups is 1. The lowest BCUT2D eigenvalue weighted by Crippen LogP contribution is -2.30. The van der Waals surface area contributed by atoms with Gasteiger partial charge in [-0.05, 0) is 37.1 Å². The maximum Gasteiger partial charge on any atom is 0.319 e. The van der Waals surface area contributed by atoms with Crippen molar-refractivity contribution in [3.8, 4) is 0 Å². The molecule has 5 nitrogen and oxygen atoms in total. The molecule has 0 saturated heterocycles. The van der Waals surface area contributed by atoms with Crippen molar-refractivity contribution in [2.45, 2.75) is 44.4 Å². The summed E-state index contributed by atoms with van der Waals surface area (Å²) in [4.78, 5) is 23.4. The van der Waals surface area contributed by atoms with Crippen LogP contribution in [0.25, 0.3) is 0 Å². The predicted molar refractivity (Wildman–Crippen MR) is 92.5 cm³/mol. The molecule has 0 radical (unpaired) electrons. The van der Waals surface area contributed by atoms with Gasteiger partial charge in [0.05, 0.1) is 5.75 Å². The molecule has 1 aromatic carbocycles. The highest BCUT2D eigenvalue weighted by Gasteiger charge is 2.23. The van der Waals surface area contributed by atoms with Gasteiger partial charge < -0.3 is 16.0 Å². The highest BCUT2D eigenvalue weighted by molar-refractivity contribution is 8.01. The molecule has 0 unspecified atom stereocenters. The van der Waals surface area contributed by atoms with Crippen molar-refractivity contribution in [3.63, 3.8) is 0 Å². The van der Waals surface area contributed by atoms with Crippen LogP contribution in [0.4, 0.5) is 16.2 Å².